The van der Waals surface area contributed by atoms with Gasteiger partial charge in [0.2, 0.25) is 5.91 Å². The Morgan fingerprint density at radius 3 is 2.39 bits per heavy atom. The van der Waals surface area contributed by atoms with Gasteiger partial charge in [-0.3, -0.25) is 14.5 Å². The predicted octanol–water partition coefficient (Wildman–Crippen LogP) is 3.76. The summed E-state index contributed by atoms with van der Waals surface area (Å²) in [5, 5.41) is 13.0. The number of carbonyl (C=O) groups excluding carboxylic acids is 1. The molecule has 1 saturated carbocycles. The van der Waals surface area contributed by atoms with Gasteiger partial charge in [-0.05, 0) is 43.1 Å². The largest absolute Gasteiger partial charge is 0.481 e. The Labute approximate surface area is 198 Å². The van der Waals surface area contributed by atoms with E-state index in [4.69, 9.17) is 0 Å². The highest BCUT2D eigenvalue weighted by molar-refractivity contribution is 5.88. The van der Waals surface area contributed by atoms with E-state index in [1.165, 1.54) is 44.2 Å². The van der Waals surface area contributed by atoms with Crippen LogP contribution in [0.4, 0.5) is 0 Å². The molecule has 182 valence electrons. The lowest BCUT2D eigenvalue weighted by molar-refractivity contribution is -0.147. The molecule has 3 aliphatic rings. The van der Waals surface area contributed by atoms with Gasteiger partial charge in [0.25, 0.3) is 0 Å². The molecule has 0 aromatic heterocycles. The number of hydrogen-bond donors (Lipinski definition) is 2. The van der Waals surface area contributed by atoms with Crippen LogP contribution in [0.3, 0.4) is 0 Å². The molecule has 6 heteroatoms. The van der Waals surface area contributed by atoms with Gasteiger partial charge in [-0.1, -0.05) is 56.5 Å². The molecule has 4 rings (SSSR count). The zero-order chi connectivity index (χ0) is 23.3. The molecular weight excluding hydrogens is 414 g/mol. The number of carbonyl (C=O) groups is 2. The minimum Gasteiger partial charge on any atom is -0.481 e. The van der Waals surface area contributed by atoms with Gasteiger partial charge in [-0.15, -0.1) is 0 Å². The van der Waals surface area contributed by atoms with Crippen molar-refractivity contribution in [2.24, 2.45) is 17.3 Å². The maximum atomic E-state index is 13.6. The van der Waals surface area contributed by atoms with Crippen LogP contribution in [0, 0.1) is 17.3 Å². The second-order valence-corrected chi connectivity index (χ2v) is 10.8. The average molecular weight is 456 g/mol. The summed E-state index contributed by atoms with van der Waals surface area (Å²) in [6.45, 7) is 7.30. The van der Waals surface area contributed by atoms with E-state index in [1.807, 2.05) is 25.1 Å². The van der Waals surface area contributed by atoms with Gasteiger partial charge in [-0.25, -0.2) is 0 Å². The summed E-state index contributed by atoms with van der Waals surface area (Å²) in [6, 6.07) is 10.4. The number of amides is 1. The highest BCUT2D eigenvalue weighted by atomic mass is 16.4. The summed E-state index contributed by atoms with van der Waals surface area (Å²) in [7, 11) is 0. The monoisotopic (exact) mass is 455 g/mol. The number of hydrogen-bond acceptors (Lipinski definition) is 4. The number of carboxylic acid groups (broad SMARTS) is 1. The van der Waals surface area contributed by atoms with Gasteiger partial charge in [0, 0.05) is 45.3 Å². The van der Waals surface area contributed by atoms with Crippen molar-refractivity contribution >= 4 is 11.9 Å². The quantitative estimate of drug-likeness (QED) is 0.624. The Hall–Kier alpha value is -1.92. The first-order valence-corrected chi connectivity index (χ1v) is 13.0. The van der Waals surface area contributed by atoms with Crippen LogP contribution in [0.5, 0.6) is 0 Å². The van der Waals surface area contributed by atoms with E-state index >= 15 is 0 Å². The van der Waals surface area contributed by atoms with E-state index in [9.17, 15) is 14.7 Å². The lowest BCUT2D eigenvalue weighted by atomic mass is 9.75. The smallest absolute Gasteiger partial charge is 0.304 e. The maximum Gasteiger partial charge on any atom is 0.304 e. The molecule has 6 nitrogen and oxygen atoms in total. The molecule has 1 aromatic rings. The van der Waals surface area contributed by atoms with Gasteiger partial charge in [0.1, 0.15) is 0 Å². The Morgan fingerprint density at radius 2 is 1.73 bits per heavy atom. The molecule has 0 unspecified atom stereocenters. The van der Waals surface area contributed by atoms with Crippen molar-refractivity contribution in [1.82, 2.24) is 15.1 Å². The minimum atomic E-state index is -0.888. The number of aliphatic carboxylic acids is 1. The van der Waals surface area contributed by atoms with Crippen LogP contribution in [-0.4, -0.2) is 65.5 Å². The minimum absolute atomic E-state index is 0.00343. The van der Waals surface area contributed by atoms with Crippen LogP contribution in [0.2, 0.25) is 0 Å². The second kappa shape index (κ2) is 11.0. The van der Waals surface area contributed by atoms with Crippen molar-refractivity contribution in [2.75, 3.05) is 32.7 Å². The van der Waals surface area contributed by atoms with Gasteiger partial charge in [0.05, 0.1) is 11.8 Å². The molecule has 0 spiro atoms. The maximum absolute atomic E-state index is 13.6. The van der Waals surface area contributed by atoms with E-state index in [0.717, 1.165) is 44.9 Å². The lowest BCUT2D eigenvalue weighted by Gasteiger charge is -2.37. The van der Waals surface area contributed by atoms with Crippen LogP contribution in [0.25, 0.3) is 0 Å². The van der Waals surface area contributed by atoms with Gasteiger partial charge >= 0.3 is 5.97 Å². The number of likely N-dealkylation sites (tertiary alicyclic amines) is 2. The molecule has 1 amide bonds. The lowest BCUT2D eigenvalue weighted by Crippen LogP contribution is -2.53. The first-order chi connectivity index (χ1) is 15.9. The summed E-state index contributed by atoms with van der Waals surface area (Å²) in [6.07, 6.45) is 8.70. The number of nitrogens with one attached hydrogen (secondary N) is 1. The topological polar surface area (TPSA) is 72.9 Å². The van der Waals surface area contributed by atoms with Crippen molar-refractivity contribution < 1.29 is 14.7 Å². The first-order valence-electron chi connectivity index (χ1n) is 13.0. The van der Waals surface area contributed by atoms with Crippen LogP contribution < -0.4 is 5.32 Å². The zero-order valence-corrected chi connectivity index (χ0v) is 20.2. The van der Waals surface area contributed by atoms with Gasteiger partial charge < -0.3 is 15.3 Å². The fourth-order valence-electron chi connectivity index (χ4n) is 6.34. The fraction of sp³-hybridized carbons (Fsp3) is 0.704. The summed E-state index contributed by atoms with van der Waals surface area (Å²) < 4.78 is 0. The van der Waals surface area contributed by atoms with Crippen LogP contribution in [0.15, 0.2) is 30.3 Å². The molecule has 2 aliphatic heterocycles. The van der Waals surface area contributed by atoms with Gasteiger partial charge in [0.15, 0.2) is 0 Å². The third-order valence-corrected chi connectivity index (χ3v) is 8.31. The first kappa shape index (κ1) is 24.2. The standard InChI is InChI=1S/C27H41N3O3/c1-21-17-30(19-23-10-6-3-7-11-23)20-27(21,16-25(31)32)26(33)28-24-12-14-29(15-13-24)18-22-8-4-2-5-9-22/h3,6-7,10-11,21-22,24H,2,4-5,8-9,12-20H2,1H3,(H,28,33)(H,31,32)/t21-,27+/m0/s1. The third-order valence-electron chi connectivity index (χ3n) is 8.31. The Bertz CT molecular complexity index is 787. The van der Waals surface area contributed by atoms with E-state index in [2.05, 4.69) is 27.2 Å². The highest BCUT2D eigenvalue weighted by Gasteiger charge is 2.51. The Morgan fingerprint density at radius 1 is 1.03 bits per heavy atom. The molecule has 33 heavy (non-hydrogen) atoms. The van der Waals surface area contributed by atoms with Crippen LogP contribution in [0.1, 0.15) is 63.9 Å². The van der Waals surface area contributed by atoms with E-state index in [-0.39, 0.29) is 24.3 Å². The van der Waals surface area contributed by atoms with E-state index < -0.39 is 11.4 Å². The molecule has 1 aromatic carbocycles. The zero-order valence-electron chi connectivity index (χ0n) is 20.2. The Kier molecular flexibility index (Phi) is 8.07. The number of nitrogens with zero attached hydrogens (tertiary/aromatic N) is 2. The molecular formula is C27H41N3O3. The van der Waals surface area contributed by atoms with E-state index in [0.29, 0.717) is 6.54 Å². The fourth-order valence-corrected chi connectivity index (χ4v) is 6.34. The number of rotatable bonds is 8. The van der Waals surface area contributed by atoms with Gasteiger partial charge in [-0.2, -0.15) is 0 Å². The summed E-state index contributed by atoms with van der Waals surface area (Å²) in [5.74, 6) is -0.0954. The van der Waals surface area contributed by atoms with Crippen LogP contribution in [-0.2, 0) is 16.1 Å². The highest BCUT2D eigenvalue weighted by Crippen LogP contribution is 2.40. The van der Waals surface area contributed by atoms with Crippen molar-refractivity contribution in [3.05, 3.63) is 35.9 Å². The predicted molar refractivity (Wildman–Crippen MR) is 130 cm³/mol. The number of piperidine rings is 1. The number of benzene rings is 1. The van der Waals surface area contributed by atoms with Crippen molar-refractivity contribution in [1.29, 1.82) is 0 Å². The third kappa shape index (κ3) is 6.15. The molecule has 2 atom stereocenters. The van der Waals surface area contributed by atoms with Crippen molar-refractivity contribution in [3.63, 3.8) is 0 Å². The van der Waals surface area contributed by atoms with Crippen molar-refractivity contribution in [3.8, 4) is 0 Å². The molecule has 1 aliphatic carbocycles. The Balaban J connectivity index is 1.33. The summed E-state index contributed by atoms with van der Waals surface area (Å²) in [5.41, 5.74) is 0.335. The van der Waals surface area contributed by atoms with Crippen molar-refractivity contribution in [2.45, 2.75) is 70.9 Å². The average Bonchev–Trinajstić information content (AvgIpc) is 3.11. The SMILES string of the molecule is C[C@H]1CN(Cc2ccccc2)C[C@@]1(CC(=O)O)C(=O)NC1CCN(CC2CCCCC2)CC1. The number of carboxylic acids is 1. The molecule has 2 heterocycles. The molecule has 0 radical (unpaired) electrons. The molecule has 0 bridgehead atoms. The molecule has 3 fully saturated rings. The molecule has 2 N–H and O–H groups in total. The second-order valence-electron chi connectivity index (χ2n) is 10.8. The molecule has 2 saturated heterocycles. The summed E-state index contributed by atoms with van der Waals surface area (Å²) >= 11 is 0. The van der Waals surface area contributed by atoms with Crippen LogP contribution >= 0.6 is 0 Å². The summed E-state index contributed by atoms with van der Waals surface area (Å²) in [4.78, 5) is 30.2. The normalized spacial score (nSPS) is 28.1. The van der Waals surface area contributed by atoms with E-state index in [1.54, 1.807) is 0 Å².